The molecule has 1 fully saturated rings. The van der Waals surface area contributed by atoms with Crippen molar-refractivity contribution >= 4 is 34.7 Å². The van der Waals surface area contributed by atoms with E-state index >= 15 is 0 Å². The molecule has 2 atom stereocenters. The van der Waals surface area contributed by atoms with Crippen LogP contribution in [0.5, 0.6) is 0 Å². The summed E-state index contributed by atoms with van der Waals surface area (Å²) in [5, 5.41) is 6.06. The van der Waals surface area contributed by atoms with Gasteiger partial charge in [-0.05, 0) is 68.2 Å². The Morgan fingerprint density at radius 2 is 1.97 bits per heavy atom. The molecular formula is C26H26ClNO3S. The van der Waals surface area contributed by atoms with E-state index in [0.717, 1.165) is 49.1 Å². The van der Waals surface area contributed by atoms with Crippen molar-refractivity contribution in [3.05, 3.63) is 79.8 Å². The van der Waals surface area contributed by atoms with Crippen LogP contribution in [0.3, 0.4) is 0 Å². The van der Waals surface area contributed by atoms with Gasteiger partial charge in [0.15, 0.2) is 5.78 Å². The maximum absolute atomic E-state index is 13.5. The molecule has 0 bridgehead atoms. The number of nitrogens with one attached hydrogen (secondary N) is 1. The third-order valence-electron chi connectivity index (χ3n) is 6.75. The molecule has 2 aliphatic carbocycles. The molecule has 4 nitrogen and oxygen atoms in total. The number of esters is 1. The van der Waals surface area contributed by atoms with Crippen LogP contribution in [0, 0.1) is 0 Å². The lowest BCUT2D eigenvalue weighted by Gasteiger charge is -2.36. The van der Waals surface area contributed by atoms with E-state index in [1.165, 1.54) is 4.88 Å². The second-order valence-corrected chi connectivity index (χ2v) is 10.3. The monoisotopic (exact) mass is 467 g/mol. The predicted molar refractivity (Wildman–Crippen MR) is 127 cm³/mol. The van der Waals surface area contributed by atoms with Gasteiger partial charge >= 0.3 is 5.97 Å². The fourth-order valence-corrected chi connectivity index (χ4v) is 6.30. The molecule has 1 aromatic carbocycles. The van der Waals surface area contributed by atoms with E-state index in [4.69, 9.17) is 16.3 Å². The van der Waals surface area contributed by atoms with Crippen molar-refractivity contribution in [2.45, 2.75) is 63.4 Å². The Morgan fingerprint density at radius 3 is 2.69 bits per heavy atom. The lowest BCUT2D eigenvalue weighted by molar-refractivity contribution is -0.144. The van der Waals surface area contributed by atoms with Gasteiger partial charge in [0.25, 0.3) is 0 Å². The van der Waals surface area contributed by atoms with Gasteiger partial charge in [-0.2, -0.15) is 0 Å². The number of hydrogen-bond donors (Lipinski definition) is 1. The zero-order valence-corrected chi connectivity index (χ0v) is 19.6. The molecule has 1 aliphatic heterocycles. The minimum absolute atomic E-state index is 0.0385. The summed E-state index contributed by atoms with van der Waals surface area (Å²) in [5.41, 5.74) is 3.74. The molecule has 2 heterocycles. The largest absolute Gasteiger partial charge is 0.459 e. The number of carbonyl (C=O) groups is 2. The van der Waals surface area contributed by atoms with Crippen LogP contribution >= 0.6 is 22.9 Å². The van der Waals surface area contributed by atoms with E-state index in [1.54, 1.807) is 11.3 Å². The van der Waals surface area contributed by atoms with E-state index in [9.17, 15) is 9.59 Å². The van der Waals surface area contributed by atoms with Crippen molar-refractivity contribution in [2.75, 3.05) is 0 Å². The van der Waals surface area contributed by atoms with Crippen LogP contribution in [0.4, 0.5) is 0 Å². The van der Waals surface area contributed by atoms with Gasteiger partial charge in [-0.25, -0.2) is 4.79 Å². The fourth-order valence-electron chi connectivity index (χ4n) is 5.27. The normalized spacial score (nSPS) is 23.9. The Balaban J connectivity index is 1.55. The van der Waals surface area contributed by atoms with Gasteiger partial charge in [-0.15, -0.1) is 11.3 Å². The average Bonchev–Trinajstić information content (AvgIpc) is 3.47. The second-order valence-electron chi connectivity index (χ2n) is 8.90. The van der Waals surface area contributed by atoms with Crippen LogP contribution in [-0.2, 0) is 14.3 Å². The van der Waals surface area contributed by atoms with E-state index in [1.807, 2.05) is 37.3 Å². The van der Waals surface area contributed by atoms with Crippen LogP contribution in [0.2, 0.25) is 5.02 Å². The molecule has 32 heavy (non-hydrogen) atoms. The Kier molecular flexibility index (Phi) is 5.95. The summed E-state index contributed by atoms with van der Waals surface area (Å²) in [5.74, 6) is -0.545. The van der Waals surface area contributed by atoms with Gasteiger partial charge in [-0.1, -0.05) is 29.8 Å². The summed E-state index contributed by atoms with van der Waals surface area (Å²) in [4.78, 5) is 28.1. The highest BCUT2D eigenvalue weighted by Gasteiger charge is 2.42. The fraction of sp³-hybridized carbons (Fsp3) is 0.385. The predicted octanol–water partition coefficient (Wildman–Crippen LogP) is 6.25. The molecule has 0 unspecified atom stereocenters. The molecule has 1 aromatic heterocycles. The van der Waals surface area contributed by atoms with Crippen LogP contribution in [-0.4, -0.2) is 17.9 Å². The summed E-state index contributed by atoms with van der Waals surface area (Å²) < 4.78 is 5.90. The van der Waals surface area contributed by atoms with Gasteiger partial charge in [0, 0.05) is 45.1 Å². The van der Waals surface area contributed by atoms with Crippen LogP contribution in [0.25, 0.3) is 0 Å². The SMILES string of the molecule is CC1=C(C(=O)OC2CCCC2)[C@H](c2cccc(Cl)c2)C2=C(C[C@H](c3cccs3)CC2=O)N1. The number of hydrogen-bond acceptors (Lipinski definition) is 5. The lowest BCUT2D eigenvalue weighted by atomic mass is 9.72. The second kappa shape index (κ2) is 8.87. The molecule has 2 aromatic rings. The van der Waals surface area contributed by atoms with Gasteiger partial charge in [0.05, 0.1) is 5.57 Å². The molecule has 5 rings (SSSR count). The highest BCUT2D eigenvalue weighted by Crippen LogP contribution is 2.46. The quantitative estimate of drug-likeness (QED) is 0.540. The van der Waals surface area contributed by atoms with Gasteiger partial charge in [0.1, 0.15) is 6.10 Å². The molecule has 0 amide bonds. The maximum Gasteiger partial charge on any atom is 0.337 e. The van der Waals surface area contributed by atoms with Crippen LogP contribution in [0.15, 0.2) is 64.3 Å². The van der Waals surface area contributed by atoms with E-state index in [0.29, 0.717) is 22.6 Å². The number of dihydropyridines is 1. The summed E-state index contributed by atoms with van der Waals surface area (Å²) in [6.07, 6.45) is 5.14. The smallest absolute Gasteiger partial charge is 0.337 e. The summed E-state index contributed by atoms with van der Waals surface area (Å²) in [7, 11) is 0. The molecule has 1 N–H and O–H groups in total. The number of ketones is 1. The first kappa shape index (κ1) is 21.5. The first-order chi connectivity index (χ1) is 15.5. The van der Waals surface area contributed by atoms with Gasteiger partial charge in [0.2, 0.25) is 0 Å². The third kappa shape index (κ3) is 4.04. The molecule has 1 saturated carbocycles. The Labute approximate surface area is 197 Å². The van der Waals surface area contributed by atoms with Gasteiger partial charge in [-0.3, -0.25) is 4.79 Å². The van der Waals surface area contributed by atoms with Crippen molar-refractivity contribution in [3.8, 4) is 0 Å². The summed E-state index contributed by atoms with van der Waals surface area (Å²) >= 11 is 8.01. The van der Waals surface area contributed by atoms with Crippen LogP contribution in [0.1, 0.15) is 67.7 Å². The minimum atomic E-state index is -0.462. The molecule has 3 aliphatic rings. The molecule has 0 saturated heterocycles. The summed E-state index contributed by atoms with van der Waals surface area (Å²) in [6.45, 7) is 1.91. The topological polar surface area (TPSA) is 55.4 Å². The van der Waals surface area contributed by atoms with Gasteiger partial charge < -0.3 is 10.1 Å². The first-order valence-electron chi connectivity index (χ1n) is 11.2. The average molecular weight is 468 g/mol. The zero-order chi connectivity index (χ0) is 22.2. The molecular weight excluding hydrogens is 442 g/mol. The zero-order valence-electron chi connectivity index (χ0n) is 18.0. The molecule has 6 heteroatoms. The number of allylic oxidation sites excluding steroid dienone is 3. The Bertz CT molecular complexity index is 1110. The highest BCUT2D eigenvalue weighted by atomic mass is 35.5. The van der Waals surface area contributed by atoms with E-state index < -0.39 is 5.92 Å². The Morgan fingerprint density at radius 1 is 1.16 bits per heavy atom. The van der Waals surface area contributed by atoms with Crippen molar-refractivity contribution in [3.63, 3.8) is 0 Å². The number of rotatable bonds is 4. The number of thiophene rings is 1. The number of Topliss-reactive ketones (excluding diaryl/α,β-unsaturated/α-hetero) is 1. The minimum Gasteiger partial charge on any atom is -0.459 e. The van der Waals surface area contributed by atoms with E-state index in [2.05, 4.69) is 16.8 Å². The van der Waals surface area contributed by atoms with Crippen molar-refractivity contribution < 1.29 is 14.3 Å². The van der Waals surface area contributed by atoms with Crippen molar-refractivity contribution in [1.29, 1.82) is 0 Å². The number of ether oxygens (including phenoxy) is 1. The number of benzene rings is 1. The van der Waals surface area contributed by atoms with Crippen LogP contribution < -0.4 is 5.32 Å². The maximum atomic E-state index is 13.5. The number of halogens is 1. The standard InChI is InChI=1S/C26H26ClNO3S/c1-15-23(26(30)31-19-8-2-3-9-19)24(16-6-4-7-18(27)12-16)25-20(28-15)13-17(14-21(25)29)22-10-5-11-32-22/h4-7,10-12,17,19,24,28H,2-3,8-9,13-14H2,1H3/t17-,24-/m0/s1. The molecule has 0 spiro atoms. The van der Waals surface area contributed by atoms with E-state index in [-0.39, 0.29) is 23.8 Å². The lowest BCUT2D eigenvalue weighted by Crippen LogP contribution is -2.36. The third-order valence-corrected chi connectivity index (χ3v) is 8.02. The Hall–Kier alpha value is -2.37. The first-order valence-corrected chi connectivity index (χ1v) is 12.5. The molecule has 0 radical (unpaired) electrons. The molecule has 166 valence electrons. The summed E-state index contributed by atoms with van der Waals surface area (Å²) in [6, 6.07) is 11.6. The number of carbonyl (C=O) groups excluding carboxylic acids is 2. The van der Waals surface area contributed by atoms with Crippen molar-refractivity contribution in [1.82, 2.24) is 5.32 Å². The highest BCUT2D eigenvalue weighted by molar-refractivity contribution is 7.10. The van der Waals surface area contributed by atoms with Crippen molar-refractivity contribution in [2.24, 2.45) is 0 Å².